The smallest absolute Gasteiger partial charge is 0.261 e. The highest BCUT2D eigenvalue weighted by Gasteiger charge is 2.11. The van der Waals surface area contributed by atoms with Crippen LogP contribution in [-0.4, -0.2) is 15.5 Å². The van der Waals surface area contributed by atoms with E-state index in [-0.39, 0.29) is 0 Å². The van der Waals surface area contributed by atoms with Crippen molar-refractivity contribution in [1.82, 2.24) is 0 Å². The van der Waals surface area contributed by atoms with Gasteiger partial charge in [0.15, 0.2) is 0 Å². The number of benzene rings is 1. The summed E-state index contributed by atoms with van der Waals surface area (Å²) < 4.78 is 35.0. The van der Waals surface area contributed by atoms with Crippen LogP contribution in [0.25, 0.3) is 0 Å². The van der Waals surface area contributed by atoms with Crippen LogP contribution in [0.4, 0.5) is 10.1 Å². The van der Waals surface area contributed by atoms with Crippen LogP contribution in [-0.2, 0) is 10.2 Å². The molecule has 72 valence electrons. The lowest BCUT2D eigenvalue weighted by molar-refractivity contribution is 0.595. The molecule has 0 unspecified atom stereocenters. The number of halogens is 1. The van der Waals surface area contributed by atoms with Crippen molar-refractivity contribution < 1.29 is 12.8 Å². The first-order valence-electron chi connectivity index (χ1n) is 3.43. The van der Waals surface area contributed by atoms with Gasteiger partial charge in [0.25, 0.3) is 10.2 Å². The van der Waals surface area contributed by atoms with Crippen molar-refractivity contribution in [1.29, 1.82) is 0 Å². The summed E-state index contributed by atoms with van der Waals surface area (Å²) in [4.78, 5) is 0. The van der Waals surface area contributed by atoms with Gasteiger partial charge in [0.2, 0.25) is 0 Å². The van der Waals surface area contributed by atoms with E-state index in [0.717, 1.165) is 16.4 Å². The van der Waals surface area contributed by atoms with Gasteiger partial charge in [0.1, 0.15) is 5.82 Å². The Balaban J connectivity index is 3.04. The van der Waals surface area contributed by atoms with E-state index in [1.807, 2.05) is 0 Å². The van der Waals surface area contributed by atoms with Crippen molar-refractivity contribution in [2.75, 3.05) is 11.4 Å². The third-order valence-electron chi connectivity index (χ3n) is 1.57. The van der Waals surface area contributed by atoms with Crippen LogP contribution in [0, 0.1) is 5.82 Å². The summed E-state index contributed by atoms with van der Waals surface area (Å²) in [6.45, 7) is 0. The fraction of sp³-hybridized carbons (Fsp3) is 0.143. The van der Waals surface area contributed by atoms with E-state index in [1.165, 1.54) is 19.2 Å². The van der Waals surface area contributed by atoms with Crippen LogP contribution in [0.5, 0.6) is 0 Å². The van der Waals surface area contributed by atoms with Crippen LogP contribution in [0.15, 0.2) is 24.3 Å². The average Bonchev–Trinajstić information content (AvgIpc) is 2.03. The molecule has 0 aliphatic carbocycles. The summed E-state index contributed by atoms with van der Waals surface area (Å²) in [6, 6.07) is 4.99. The molecule has 0 radical (unpaired) electrons. The van der Waals surface area contributed by atoms with Crippen LogP contribution in [0.1, 0.15) is 0 Å². The summed E-state index contributed by atoms with van der Waals surface area (Å²) in [5.41, 5.74) is 0.323. The van der Waals surface area contributed by atoms with Crippen LogP contribution >= 0.6 is 0 Å². The van der Waals surface area contributed by atoms with E-state index in [2.05, 4.69) is 0 Å². The highest BCUT2D eigenvalue weighted by molar-refractivity contribution is 7.90. The molecule has 4 nitrogen and oxygen atoms in total. The monoisotopic (exact) mass is 204 g/mol. The van der Waals surface area contributed by atoms with Crippen molar-refractivity contribution in [3.63, 3.8) is 0 Å². The Morgan fingerprint density at radius 1 is 1.31 bits per heavy atom. The van der Waals surface area contributed by atoms with E-state index in [0.29, 0.717) is 5.69 Å². The van der Waals surface area contributed by atoms with Gasteiger partial charge in [-0.05, 0) is 24.3 Å². The van der Waals surface area contributed by atoms with Gasteiger partial charge < -0.3 is 0 Å². The zero-order valence-electron chi connectivity index (χ0n) is 6.94. The van der Waals surface area contributed by atoms with Crippen LogP contribution in [0.2, 0.25) is 0 Å². The van der Waals surface area contributed by atoms with Crippen molar-refractivity contribution in [2.45, 2.75) is 0 Å². The third-order valence-corrected chi connectivity index (χ3v) is 2.55. The van der Waals surface area contributed by atoms with Crippen molar-refractivity contribution in [3.05, 3.63) is 30.1 Å². The van der Waals surface area contributed by atoms with Gasteiger partial charge in [-0.15, -0.1) is 0 Å². The van der Waals surface area contributed by atoms with E-state index in [1.54, 1.807) is 0 Å². The predicted molar refractivity (Wildman–Crippen MR) is 47.9 cm³/mol. The molecule has 1 aromatic rings. The molecule has 0 saturated heterocycles. The van der Waals surface area contributed by atoms with E-state index in [9.17, 15) is 12.8 Å². The maximum absolute atomic E-state index is 12.4. The molecule has 0 aromatic heterocycles. The molecule has 6 heteroatoms. The third kappa shape index (κ3) is 2.40. The molecule has 0 amide bonds. The topological polar surface area (TPSA) is 63.4 Å². The maximum atomic E-state index is 12.4. The van der Waals surface area contributed by atoms with Crippen molar-refractivity contribution >= 4 is 15.9 Å². The van der Waals surface area contributed by atoms with Gasteiger partial charge in [-0.2, -0.15) is 8.42 Å². The van der Waals surface area contributed by atoms with Gasteiger partial charge >= 0.3 is 0 Å². The second kappa shape index (κ2) is 3.31. The molecule has 0 heterocycles. The Morgan fingerprint density at radius 3 is 2.15 bits per heavy atom. The maximum Gasteiger partial charge on any atom is 0.298 e. The van der Waals surface area contributed by atoms with Crippen molar-refractivity contribution in [2.24, 2.45) is 5.14 Å². The van der Waals surface area contributed by atoms with Gasteiger partial charge in [0.05, 0.1) is 5.69 Å². The molecule has 2 N–H and O–H groups in total. The fourth-order valence-electron chi connectivity index (χ4n) is 0.798. The molecule has 1 aromatic carbocycles. The molecule has 13 heavy (non-hydrogen) atoms. The largest absolute Gasteiger partial charge is 0.298 e. The Labute approximate surface area is 76.0 Å². The summed E-state index contributed by atoms with van der Waals surface area (Å²) in [6.07, 6.45) is 0. The molecule has 0 atom stereocenters. The zero-order valence-corrected chi connectivity index (χ0v) is 7.75. The van der Waals surface area contributed by atoms with E-state index in [4.69, 9.17) is 5.14 Å². The summed E-state index contributed by atoms with van der Waals surface area (Å²) in [5.74, 6) is -0.424. The van der Waals surface area contributed by atoms with Crippen LogP contribution < -0.4 is 9.44 Å². The van der Waals surface area contributed by atoms with Crippen molar-refractivity contribution in [3.8, 4) is 0 Å². The van der Waals surface area contributed by atoms with E-state index >= 15 is 0 Å². The molecule has 0 aliphatic rings. The Bertz CT molecular complexity index is 387. The molecule has 0 fully saturated rings. The normalized spacial score (nSPS) is 11.3. The quantitative estimate of drug-likeness (QED) is 0.760. The highest BCUT2D eigenvalue weighted by atomic mass is 32.2. The van der Waals surface area contributed by atoms with Gasteiger partial charge in [-0.1, -0.05) is 0 Å². The first kappa shape index (κ1) is 9.94. The second-order valence-corrected chi connectivity index (χ2v) is 4.07. The minimum absolute atomic E-state index is 0.323. The SMILES string of the molecule is CN(c1ccc(F)cc1)S(N)(=O)=O. The molecule has 0 bridgehead atoms. The number of hydrogen-bond donors (Lipinski definition) is 1. The molecule has 0 saturated carbocycles. The average molecular weight is 204 g/mol. The number of rotatable bonds is 2. The number of hydrogen-bond acceptors (Lipinski definition) is 2. The summed E-state index contributed by atoms with van der Waals surface area (Å²) >= 11 is 0. The summed E-state index contributed by atoms with van der Waals surface area (Å²) in [7, 11) is -2.46. The van der Waals surface area contributed by atoms with Gasteiger partial charge in [-0.3, -0.25) is 4.31 Å². The fourth-order valence-corrected chi connectivity index (χ4v) is 1.21. The zero-order chi connectivity index (χ0) is 10.1. The second-order valence-electron chi connectivity index (χ2n) is 2.49. The Morgan fingerprint density at radius 2 is 1.77 bits per heavy atom. The molecule has 1 rings (SSSR count). The first-order chi connectivity index (χ1) is 5.91. The van der Waals surface area contributed by atoms with Crippen LogP contribution in [0.3, 0.4) is 0 Å². The minimum Gasteiger partial charge on any atom is -0.261 e. The summed E-state index contributed by atoms with van der Waals surface area (Å²) in [5, 5.41) is 4.85. The van der Waals surface area contributed by atoms with Gasteiger partial charge in [0, 0.05) is 7.05 Å². The lowest BCUT2D eigenvalue weighted by Crippen LogP contribution is -2.32. The van der Waals surface area contributed by atoms with Gasteiger partial charge in [-0.25, -0.2) is 9.53 Å². The number of anilines is 1. The molecule has 0 aliphatic heterocycles. The molecular formula is C7H9FN2O2S. The van der Waals surface area contributed by atoms with E-state index < -0.39 is 16.0 Å². The molecular weight excluding hydrogens is 195 g/mol. The lowest BCUT2D eigenvalue weighted by atomic mass is 10.3. The Hall–Kier alpha value is -1.14. The number of nitrogens with two attached hydrogens (primary N) is 1. The lowest BCUT2D eigenvalue weighted by Gasteiger charge is -2.15. The predicted octanol–water partition coefficient (Wildman–Crippen LogP) is 0.465. The number of nitrogens with zero attached hydrogens (tertiary/aromatic N) is 1. The highest BCUT2D eigenvalue weighted by Crippen LogP contribution is 2.14. The Kier molecular flexibility index (Phi) is 2.53. The first-order valence-corrected chi connectivity index (χ1v) is 4.94. The standard InChI is InChI=1S/C7H9FN2O2S/c1-10(13(9,11)12)7-4-2-6(8)3-5-7/h2-5H,1H3,(H2,9,11,12). The minimum atomic E-state index is -3.76. The molecule has 0 spiro atoms.